The smallest absolute Gasteiger partial charge is 0.283 e. The topological polar surface area (TPSA) is 82.2 Å². The van der Waals surface area contributed by atoms with Gasteiger partial charge >= 0.3 is 0 Å². The van der Waals surface area contributed by atoms with Gasteiger partial charge in [-0.2, -0.15) is 0 Å². The number of hydrogen-bond donors (Lipinski definition) is 0. The SMILES string of the molecule is Cc1ccc(Sc2ccc(/C=c3\s/c(=C\C(=O)C(C)(C)C)n(Cc4c(Cl)cccc4Cl)c3=O)cc2[N+](=O)[O-])cc1. The van der Waals surface area contributed by atoms with Gasteiger partial charge in [0.15, 0.2) is 5.78 Å². The Morgan fingerprint density at radius 1 is 1.07 bits per heavy atom. The molecule has 0 N–H and O–H groups in total. The first-order chi connectivity index (χ1) is 18.8. The van der Waals surface area contributed by atoms with E-state index >= 15 is 0 Å². The maximum Gasteiger partial charge on any atom is 0.283 e. The van der Waals surface area contributed by atoms with Gasteiger partial charge in [-0.15, -0.1) is 11.3 Å². The lowest BCUT2D eigenvalue weighted by molar-refractivity contribution is -0.387. The van der Waals surface area contributed by atoms with Gasteiger partial charge in [0.05, 0.1) is 20.9 Å². The van der Waals surface area contributed by atoms with Crippen molar-refractivity contribution in [1.82, 2.24) is 4.57 Å². The van der Waals surface area contributed by atoms with Gasteiger partial charge < -0.3 is 0 Å². The zero-order valence-electron chi connectivity index (χ0n) is 22.2. The number of ketones is 1. The lowest BCUT2D eigenvalue weighted by Gasteiger charge is -2.13. The highest BCUT2D eigenvalue weighted by atomic mass is 35.5. The molecule has 1 aromatic heterocycles. The average molecular weight is 614 g/mol. The molecule has 0 fully saturated rings. The van der Waals surface area contributed by atoms with Crippen LogP contribution in [0, 0.1) is 22.5 Å². The number of aromatic nitrogens is 1. The van der Waals surface area contributed by atoms with E-state index in [1.54, 1.807) is 57.2 Å². The number of nitro benzene ring substituents is 1. The molecule has 6 nitrogen and oxygen atoms in total. The molecule has 40 heavy (non-hydrogen) atoms. The van der Waals surface area contributed by atoms with Gasteiger partial charge in [-0.05, 0) is 48.9 Å². The Morgan fingerprint density at radius 2 is 1.73 bits per heavy atom. The predicted molar refractivity (Wildman–Crippen MR) is 164 cm³/mol. The molecule has 0 saturated carbocycles. The minimum Gasteiger partial charge on any atom is -0.294 e. The van der Waals surface area contributed by atoms with E-state index in [2.05, 4.69) is 0 Å². The molecule has 0 aliphatic rings. The Hall–Kier alpha value is -3.17. The van der Waals surface area contributed by atoms with E-state index in [9.17, 15) is 19.7 Å². The third kappa shape index (κ3) is 6.93. The first kappa shape index (κ1) is 29.8. The number of aryl methyl sites for hydroxylation is 1. The third-order valence-corrected chi connectivity index (χ3v) is 8.88. The van der Waals surface area contributed by atoms with E-state index in [-0.39, 0.29) is 23.6 Å². The number of rotatable bonds is 7. The van der Waals surface area contributed by atoms with Crippen LogP contribution in [-0.4, -0.2) is 15.3 Å². The fourth-order valence-electron chi connectivity index (χ4n) is 3.70. The molecule has 0 aliphatic carbocycles. The highest BCUT2D eigenvalue weighted by Gasteiger charge is 2.20. The first-order valence-corrected chi connectivity index (χ1v) is 14.7. The van der Waals surface area contributed by atoms with Crippen molar-refractivity contribution in [1.29, 1.82) is 0 Å². The van der Waals surface area contributed by atoms with Crippen molar-refractivity contribution in [3.63, 3.8) is 0 Å². The van der Waals surface area contributed by atoms with Crippen LogP contribution in [0.3, 0.4) is 0 Å². The van der Waals surface area contributed by atoms with Crippen molar-refractivity contribution in [2.24, 2.45) is 5.41 Å². The lowest BCUT2D eigenvalue weighted by Crippen LogP contribution is -2.33. The second-order valence-corrected chi connectivity index (χ2v) is 13.2. The summed E-state index contributed by atoms with van der Waals surface area (Å²) < 4.78 is 2.22. The molecule has 0 amide bonds. The van der Waals surface area contributed by atoms with E-state index in [0.717, 1.165) is 21.8 Å². The van der Waals surface area contributed by atoms with E-state index < -0.39 is 10.3 Å². The minimum atomic E-state index is -0.650. The summed E-state index contributed by atoms with van der Waals surface area (Å²) in [5.41, 5.74) is 1.09. The molecule has 10 heteroatoms. The molecule has 0 saturated heterocycles. The number of hydrogen-bond acceptors (Lipinski definition) is 6. The van der Waals surface area contributed by atoms with Gasteiger partial charge in [0.1, 0.15) is 4.66 Å². The maximum absolute atomic E-state index is 13.6. The van der Waals surface area contributed by atoms with Gasteiger partial charge in [0.2, 0.25) is 0 Å². The number of carbonyl (C=O) groups is 1. The number of Topliss-reactive ketones (excluding diaryl/α,β-unsaturated/α-hetero) is 1. The number of halogens is 2. The van der Waals surface area contributed by atoms with Crippen LogP contribution in [0.4, 0.5) is 5.69 Å². The Balaban J connectivity index is 1.83. The van der Waals surface area contributed by atoms with E-state index in [4.69, 9.17) is 23.2 Å². The standard InChI is InChI=1S/C30H26Cl2N2O4S2/c1-18-8-11-20(12-9-18)39-25-13-10-19(14-24(25)34(37)38)15-26-29(36)33(17-21-22(31)6-5-7-23(21)32)28(40-26)16-27(35)30(2,3)4/h5-16H,17H2,1-4H3/b26-15-,28-16-. The van der Waals surface area contributed by atoms with Crippen LogP contribution in [0.2, 0.25) is 10.0 Å². The Bertz CT molecular complexity index is 1770. The quantitative estimate of drug-likeness (QED) is 0.168. The van der Waals surface area contributed by atoms with Crippen LogP contribution in [0.1, 0.15) is 37.5 Å². The lowest BCUT2D eigenvalue weighted by atomic mass is 9.91. The molecule has 1 heterocycles. The van der Waals surface area contributed by atoms with Crippen LogP contribution >= 0.6 is 46.3 Å². The highest BCUT2D eigenvalue weighted by Crippen LogP contribution is 2.35. The molecular weight excluding hydrogens is 587 g/mol. The summed E-state index contributed by atoms with van der Waals surface area (Å²) in [5.74, 6) is -0.146. The van der Waals surface area contributed by atoms with Crippen LogP contribution in [0.15, 0.2) is 75.2 Å². The second-order valence-electron chi connectivity index (χ2n) is 10.2. The van der Waals surface area contributed by atoms with Gasteiger partial charge in [-0.25, -0.2) is 0 Å². The summed E-state index contributed by atoms with van der Waals surface area (Å²) in [6.45, 7) is 7.45. The predicted octanol–water partition coefficient (Wildman–Crippen LogP) is 6.86. The fourth-order valence-corrected chi connectivity index (χ4v) is 6.16. The summed E-state index contributed by atoms with van der Waals surface area (Å²) in [5, 5.41) is 12.7. The molecule has 4 aromatic rings. The van der Waals surface area contributed by atoms with Gasteiger partial charge in [0.25, 0.3) is 11.2 Å². The van der Waals surface area contributed by atoms with Crippen LogP contribution < -0.4 is 14.8 Å². The molecule has 0 radical (unpaired) electrons. The van der Waals surface area contributed by atoms with Gasteiger partial charge in [-0.3, -0.25) is 24.3 Å². The number of nitrogens with zero attached hydrogens (tertiary/aromatic N) is 2. The Labute approximate surface area is 249 Å². The molecule has 0 spiro atoms. The summed E-state index contributed by atoms with van der Waals surface area (Å²) in [7, 11) is 0. The van der Waals surface area contributed by atoms with E-state index in [1.807, 2.05) is 31.2 Å². The minimum absolute atomic E-state index is 0.0613. The van der Waals surface area contributed by atoms with Crippen molar-refractivity contribution in [3.05, 3.63) is 117 Å². The molecule has 0 aliphatic heterocycles. The molecule has 206 valence electrons. The molecule has 4 rings (SSSR count). The number of thiazole rings is 1. The average Bonchev–Trinajstić information content (AvgIpc) is 3.16. The van der Waals surface area contributed by atoms with Gasteiger partial charge in [-0.1, -0.05) is 85.6 Å². The fraction of sp³-hybridized carbons (Fsp3) is 0.200. The van der Waals surface area contributed by atoms with Crippen molar-refractivity contribution in [2.75, 3.05) is 0 Å². The molecular formula is C30H26Cl2N2O4S2. The number of nitro groups is 1. The van der Waals surface area contributed by atoms with E-state index in [0.29, 0.717) is 35.3 Å². The summed E-state index contributed by atoms with van der Waals surface area (Å²) in [6.07, 6.45) is 3.06. The van der Waals surface area contributed by atoms with E-state index in [1.165, 1.54) is 28.5 Å². The van der Waals surface area contributed by atoms with Gasteiger partial charge in [0, 0.05) is 38.1 Å². The summed E-state index contributed by atoms with van der Waals surface area (Å²) >= 11 is 15.2. The maximum atomic E-state index is 13.6. The number of carbonyl (C=O) groups excluding carboxylic acids is 1. The molecule has 0 bridgehead atoms. The summed E-state index contributed by atoms with van der Waals surface area (Å²) in [4.78, 5) is 39.3. The zero-order chi connectivity index (χ0) is 29.2. The van der Waals surface area contributed by atoms with Crippen molar-refractivity contribution >= 4 is 69.9 Å². The number of benzene rings is 3. The molecule has 3 aromatic carbocycles. The zero-order valence-corrected chi connectivity index (χ0v) is 25.4. The molecule has 0 unspecified atom stereocenters. The van der Waals surface area contributed by atoms with Crippen LogP contribution in [0.25, 0.3) is 12.2 Å². The third-order valence-electron chi connectivity index (χ3n) is 6.03. The van der Waals surface area contributed by atoms with Crippen molar-refractivity contribution in [2.45, 2.75) is 44.0 Å². The summed E-state index contributed by atoms with van der Waals surface area (Å²) in [6, 6.07) is 17.7. The Morgan fingerprint density at radius 3 is 2.33 bits per heavy atom. The van der Waals surface area contributed by atoms with Crippen molar-refractivity contribution < 1.29 is 9.72 Å². The normalized spacial score (nSPS) is 12.7. The molecule has 0 atom stereocenters. The highest BCUT2D eigenvalue weighted by molar-refractivity contribution is 7.99. The van der Waals surface area contributed by atoms with Crippen molar-refractivity contribution in [3.8, 4) is 0 Å². The second kappa shape index (κ2) is 12.1. The monoisotopic (exact) mass is 612 g/mol. The van der Waals surface area contributed by atoms with Crippen LogP contribution in [0.5, 0.6) is 0 Å². The largest absolute Gasteiger partial charge is 0.294 e. The van der Waals surface area contributed by atoms with Crippen LogP contribution in [-0.2, 0) is 11.3 Å². The first-order valence-electron chi connectivity index (χ1n) is 12.3. The Kier molecular flexibility index (Phi) is 9.05.